The Hall–Kier alpha value is -0.870. The molecule has 2 heterocycles. The van der Waals surface area contributed by atoms with Crippen molar-refractivity contribution in [3.63, 3.8) is 0 Å². The van der Waals surface area contributed by atoms with Gasteiger partial charge in [-0.1, -0.05) is 0 Å². The van der Waals surface area contributed by atoms with Crippen molar-refractivity contribution >= 4 is 21.7 Å². The number of nitrogens with two attached hydrogens (primary N) is 1. The van der Waals surface area contributed by atoms with E-state index in [2.05, 4.69) is 16.0 Å². The molecule has 0 atom stereocenters. The molecule has 3 nitrogen and oxygen atoms in total. The molecule has 2 aromatic heterocycles. The maximum atomic E-state index is 5.43. The van der Waals surface area contributed by atoms with E-state index in [4.69, 9.17) is 5.73 Å². The quantitative estimate of drug-likeness (QED) is 0.704. The average Bonchev–Trinajstić information content (AvgIpc) is 2.46. The lowest BCUT2D eigenvalue weighted by Gasteiger charge is -1.86. The van der Waals surface area contributed by atoms with Crippen molar-refractivity contribution in [1.29, 1.82) is 0 Å². The molecular formula is C7H9N3S. The van der Waals surface area contributed by atoms with Gasteiger partial charge in [0.2, 0.25) is 0 Å². The van der Waals surface area contributed by atoms with Crippen LogP contribution in [0.2, 0.25) is 0 Å². The third-order valence-electron chi connectivity index (χ3n) is 1.56. The molecule has 0 radical (unpaired) electrons. The topological polar surface area (TPSA) is 54.7 Å². The molecule has 2 rings (SSSR count). The Balaban J connectivity index is 2.42. The number of hydrogen-bond acceptors (Lipinski definition) is 3. The van der Waals surface area contributed by atoms with Crippen LogP contribution in [-0.4, -0.2) is 16.5 Å². The van der Waals surface area contributed by atoms with Crippen LogP contribution in [0.25, 0.3) is 10.3 Å². The fraction of sp³-hybridized carbons (Fsp3) is 0.286. The van der Waals surface area contributed by atoms with Crippen molar-refractivity contribution in [1.82, 2.24) is 9.97 Å². The maximum Gasteiger partial charge on any atom is 0.141 e. The first-order valence-electron chi connectivity index (χ1n) is 3.52. The molecule has 0 aliphatic heterocycles. The summed E-state index contributed by atoms with van der Waals surface area (Å²) in [6.07, 6.45) is 2.67. The highest BCUT2D eigenvalue weighted by Gasteiger charge is 2.01. The van der Waals surface area contributed by atoms with Crippen LogP contribution in [0.4, 0.5) is 0 Å². The Morgan fingerprint density at radius 1 is 1.64 bits per heavy atom. The molecule has 0 aliphatic rings. The molecule has 0 unspecified atom stereocenters. The summed E-state index contributed by atoms with van der Waals surface area (Å²) in [7, 11) is 0. The highest BCUT2D eigenvalue weighted by atomic mass is 32.1. The predicted octanol–water partition coefficient (Wildman–Crippen LogP) is 1.13. The molecular weight excluding hydrogens is 158 g/mol. The summed E-state index contributed by atoms with van der Waals surface area (Å²) in [6, 6.07) is 2.11. The summed E-state index contributed by atoms with van der Waals surface area (Å²) in [4.78, 5) is 9.59. The Bertz CT molecular complexity index is 321. The number of aromatic nitrogens is 2. The van der Waals surface area contributed by atoms with E-state index >= 15 is 0 Å². The van der Waals surface area contributed by atoms with Crippen molar-refractivity contribution in [2.45, 2.75) is 6.42 Å². The van der Waals surface area contributed by atoms with Crippen molar-refractivity contribution < 1.29 is 0 Å². The normalized spacial score (nSPS) is 11.0. The second-order valence-electron chi connectivity index (χ2n) is 2.37. The van der Waals surface area contributed by atoms with Gasteiger partial charge in [0.15, 0.2) is 0 Å². The minimum Gasteiger partial charge on any atom is -0.344 e. The van der Waals surface area contributed by atoms with Crippen molar-refractivity contribution in [2.24, 2.45) is 5.73 Å². The van der Waals surface area contributed by atoms with Crippen molar-refractivity contribution in [3.05, 3.63) is 17.3 Å². The monoisotopic (exact) mass is 167 g/mol. The number of fused-ring (bicyclic) bond motifs is 1. The first-order valence-corrected chi connectivity index (χ1v) is 4.33. The Morgan fingerprint density at radius 3 is 3.27 bits per heavy atom. The zero-order valence-electron chi connectivity index (χ0n) is 6.00. The molecule has 0 amide bonds. The standard InChI is InChI=1S/C7H9N3S/c8-2-1-5-3-6-7(11-5)10-4-9-6/h3-4H,1-2,8H2,(H,9,10). The highest BCUT2D eigenvalue weighted by molar-refractivity contribution is 7.18. The number of rotatable bonds is 2. The molecule has 0 bridgehead atoms. The first-order chi connectivity index (χ1) is 5.40. The number of imidazole rings is 1. The third-order valence-corrected chi connectivity index (χ3v) is 2.66. The lowest BCUT2D eigenvalue weighted by Crippen LogP contribution is -2.00. The number of nitrogens with one attached hydrogen (secondary N) is 1. The summed E-state index contributed by atoms with van der Waals surface area (Å²) in [5.74, 6) is 0. The summed E-state index contributed by atoms with van der Waals surface area (Å²) in [5.41, 5.74) is 6.55. The summed E-state index contributed by atoms with van der Waals surface area (Å²) < 4.78 is 0. The van der Waals surface area contributed by atoms with E-state index in [1.807, 2.05) is 0 Å². The van der Waals surface area contributed by atoms with Crippen LogP contribution < -0.4 is 5.73 Å². The van der Waals surface area contributed by atoms with Gasteiger partial charge >= 0.3 is 0 Å². The molecule has 11 heavy (non-hydrogen) atoms. The van der Waals surface area contributed by atoms with Crippen molar-refractivity contribution in [2.75, 3.05) is 6.54 Å². The largest absolute Gasteiger partial charge is 0.344 e. The minimum absolute atomic E-state index is 0.711. The molecule has 3 N–H and O–H groups in total. The highest BCUT2D eigenvalue weighted by Crippen LogP contribution is 2.21. The van der Waals surface area contributed by atoms with Crippen LogP contribution >= 0.6 is 11.3 Å². The molecule has 0 fully saturated rings. The van der Waals surface area contributed by atoms with E-state index in [0.29, 0.717) is 6.54 Å². The van der Waals surface area contributed by atoms with Crippen LogP contribution in [0.1, 0.15) is 4.88 Å². The third kappa shape index (κ3) is 1.15. The fourth-order valence-electron chi connectivity index (χ4n) is 1.06. The van der Waals surface area contributed by atoms with Gasteiger partial charge in [0, 0.05) is 4.88 Å². The van der Waals surface area contributed by atoms with Gasteiger partial charge in [-0.05, 0) is 19.0 Å². The maximum absolute atomic E-state index is 5.43. The molecule has 2 aromatic rings. The van der Waals surface area contributed by atoms with E-state index in [1.165, 1.54) is 4.88 Å². The van der Waals surface area contributed by atoms with Gasteiger partial charge < -0.3 is 10.7 Å². The molecule has 0 aliphatic carbocycles. The van der Waals surface area contributed by atoms with E-state index in [-0.39, 0.29) is 0 Å². The van der Waals surface area contributed by atoms with Gasteiger partial charge in [0.1, 0.15) is 4.83 Å². The van der Waals surface area contributed by atoms with Crippen LogP contribution in [0, 0.1) is 0 Å². The van der Waals surface area contributed by atoms with Gasteiger partial charge in [0.05, 0.1) is 11.8 Å². The Morgan fingerprint density at radius 2 is 2.55 bits per heavy atom. The lowest BCUT2D eigenvalue weighted by molar-refractivity contribution is 0.989. The first kappa shape index (κ1) is 6.82. The van der Waals surface area contributed by atoms with Crippen LogP contribution in [0.3, 0.4) is 0 Å². The minimum atomic E-state index is 0.711. The zero-order valence-corrected chi connectivity index (χ0v) is 6.82. The summed E-state index contributed by atoms with van der Waals surface area (Å²) >= 11 is 1.71. The number of nitrogens with zero attached hydrogens (tertiary/aromatic N) is 1. The molecule has 0 aromatic carbocycles. The Kier molecular flexibility index (Phi) is 1.63. The number of hydrogen-bond donors (Lipinski definition) is 2. The predicted molar refractivity (Wildman–Crippen MR) is 46.7 cm³/mol. The van der Waals surface area contributed by atoms with Gasteiger partial charge in [-0.3, -0.25) is 0 Å². The van der Waals surface area contributed by atoms with E-state index in [1.54, 1.807) is 17.7 Å². The van der Waals surface area contributed by atoms with Crippen molar-refractivity contribution in [3.8, 4) is 0 Å². The van der Waals surface area contributed by atoms with Gasteiger partial charge in [-0.25, -0.2) is 4.98 Å². The van der Waals surface area contributed by atoms with Gasteiger partial charge in [-0.2, -0.15) is 0 Å². The molecule has 0 saturated heterocycles. The number of H-pyrrole nitrogens is 1. The molecule has 0 spiro atoms. The smallest absolute Gasteiger partial charge is 0.141 e. The van der Waals surface area contributed by atoms with E-state index in [0.717, 1.165) is 16.8 Å². The summed E-state index contributed by atoms with van der Waals surface area (Å²) in [5, 5.41) is 0. The fourth-order valence-corrected chi connectivity index (χ4v) is 2.03. The summed E-state index contributed by atoms with van der Waals surface area (Å²) in [6.45, 7) is 0.711. The zero-order chi connectivity index (χ0) is 7.68. The Labute approximate surface area is 68.3 Å². The molecule has 58 valence electrons. The second-order valence-corrected chi connectivity index (χ2v) is 3.49. The lowest BCUT2D eigenvalue weighted by atomic mass is 10.3. The van der Waals surface area contributed by atoms with Gasteiger partial charge in [0.25, 0.3) is 0 Å². The van der Waals surface area contributed by atoms with Crippen LogP contribution in [0.5, 0.6) is 0 Å². The molecule has 4 heteroatoms. The number of aromatic amines is 1. The van der Waals surface area contributed by atoms with Crippen LogP contribution in [0.15, 0.2) is 12.4 Å². The van der Waals surface area contributed by atoms with Gasteiger partial charge in [-0.15, -0.1) is 11.3 Å². The SMILES string of the molecule is NCCc1cc2[nH]cnc2s1. The second kappa shape index (κ2) is 2.64. The van der Waals surface area contributed by atoms with E-state index < -0.39 is 0 Å². The average molecular weight is 167 g/mol. The number of thiophene rings is 1. The van der Waals surface area contributed by atoms with Crippen LogP contribution in [-0.2, 0) is 6.42 Å². The van der Waals surface area contributed by atoms with E-state index in [9.17, 15) is 0 Å². The molecule has 0 saturated carbocycles.